The summed E-state index contributed by atoms with van der Waals surface area (Å²) in [7, 11) is 0. The third-order valence-corrected chi connectivity index (χ3v) is 5.16. The lowest BCUT2D eigenvalue weighted by Gasteiger charge is -2.33. The lowest BCUT2D eigenvalue weighted by Crippen LogP contribution is -2.35. The number of hydrogen-bond acceptors (Lipinski definition) is 2. The second kappa shape index (κ2) is 7.28. The van der Waals surface area contributed by atoms with Crippen molar-refractivity contribution in [2.24, 2.45) is 5.92 Å². The Morgan fingerprint density at radius 1 is 0.950 bits per heavy atom. The normalized spacial score (nSPS) is 31.9. The molecule has 2 heteroatoms. The highest BCUT2D eigenvalue weighted by Crippen LogP contribution is 2.39. The van der Waals surface area contributed by atoms with Gasteiger partial charge in [-0.1, -0.05) is 45.1 Å². The second-order valence-electron chi connectivity index (χ2n) is 6.96. The highest BCUT2D eigenvalue weighted by atomic mass is 16.6. The quantitative estimate of drug-likeness (QED) is 0.514. The monoisotopic (exact) mass is 278 g/mol. The van der Waals surface area contributed by atoms with Gasteiger partial charge in [-0.05, 0) is 51.4 Å². The summed E-state index contributed by atoms with van der Waals surface area (Å²) in [5.41, 5.74) is 0.351. The number of ether oxygens (including phenoxy) is 1. The summed E-state index contributed by atoms with van der Waals surface area (Å²) in [5.74, 6) is 0.678. The third-order valence-electron chi connectivity index (χ3n) is 5.16. The fraction of sp³-hybridized carbons (Fsp3) is 0.833. The van der Waals surface area contributed by atoms with Crippen molar-refractivity contribution in [2.45, 2.75) is 89.6 Å². The van der Waals surface area contributed by atoms with Gasteiger partial charge in [0.25, 0.3) is 0 Å². The van der Waals surface area contributed by atoms with Crippen molar-refractivity contribution in [3.63, 3.8) is 0 Å². The second-order valence-corrected chi connectivity index (χ2v) is 6.96. The molecule has 114 valence electrons. The fourth-order valence-corrected chi connectivity index (χ4v) is 3.84. The van der Waals surface area contributed by atoms with E-state index in [1.165, 1.54) is 57.8 Å². The van der Waals surface area contributed by atoms with Crippen LogP contribution in [0.1, 0.15) is 84.0 Å². The molecule has 0 N–H and O–H groups in total. The van der Waals surface area contributed by atoms with E-state index in [4.69, 9.17) is 4.74 Å². The van der Waals surface area contributed by atoms with Crippen LogP contribution in [0.5, 0.6) is 0 Å². The average Bonchev–Trinajstić information content (AvgIpc) is 2.61. The molecule has 2 unspecified atom stereocenters. The zero-order valence-electron chi connectivity index (χ0n) is 13.1. The van der Waals surface area contributed by atoms with Gasteiger partial charge in [0.15, 0.2) is 0 Å². The van der Waals surface area contributed by atoms with Crippen LogP contribution in [0.3, 0.4) is 0 Å². The zero-order chi connectivity index (χ0) is 14.4. The first-order valence-corrected chi connectivity index (χ1v) is 8.50. The van der Waals surface area contributed by atoms with E-state index >= 15 is 0 Å². The molecule has 0 aromatic rings. The van der Waals surface area contributed by atoms with Gasteiger partial charge in [0.05, 0.1) is 0 Å². The molecule has 0 saturated heterocycles. The van der Waals surface area contributed by atoms with Crippen LogP contribution in [0.15, 0.2) is 12.2 Å². The molecule has 2 saturated carbocycles. The summed E-state index contributed by atoms with van der Waals surface area (Å²) in [4.78, 5) is 12.0. The lowest BCUT2D eigenvalue weighted by molar-refractivity contribution is -0.157. The Morgan fingerprint density at radius 2 is 1.60 bits per heavy atom. The van der Waals surface area contributed by atoms with Gasteiger partial charge in [0.1, 0.15) is 5.60 Å². The van der Waals surface area contributed by atoms with E-state index in [0.717, 1.165) is 25.2 Å². The molecule has 0 heterocycles. The highest BCUT2D eigenvalue weighted by molar-refractivity contribution is 5.87. The predicted octanol–water partition coefficient (Wildman–Crippen LogP) is 5.17. The SMILES string of the molecule is C=C(C)C(=O)OC12CCCCCCCC(CCC1)CC2. The van der Waals surface area contributed by atoms with Crippen molar-refractivity contribution in [3.05, 3.63) is 12.2 Å². The largest absolute Gasteiger partial charge is 0.456 e. The molecule has 0 spiro atoms. The maximum atomic E-state index is 12.0. The molecule has 2 bridgehead atoms. The number of hydrogen-bond donors (Lipinski definition) is 0. The Balaban J connectivity index is 2.08. The third kappa shape index (κ3) is 4.36. The minimum absolute atomic E-state index is 0.182. The maximum Gasteiger partial charge on any atom is 0.333 e. The Bertz CT molecular complexity index is 347. The van der Waals surface area contributed by atoms with Gasteiger partial charge in [-0.25, -0.2) is 4.79 Å². The molecular formula is C18H30O2. The Hall–Kier alpha value is -0.790. The lowest BCUT2D eigenvalue weighted by atomic mass is 9.87. The van der Waals surface area contributed by atoms with Gasteiger partial charge in [0.2, 0.25) is 0 Å². The smallest absolute Gasteiger partial charge is 0.333 e. The molecule has 0 aliphatic heterocycles. The highest BCUT2D eigenvalue weighted by Gasteiger charge is 2.36. The van der Waals surface area contributed by atoms with Gasteiger partial charge < -0.3 is 4.74 Å². The summed E-state index contributed by atoms with van der Waals surface area (Å²) in [5, 5.41) is 0. The van der Waals surface area contributed by atoms with Crippen LogP contribution >= 0.6 is 0 Å². The van der Waals surface area contributed by atoms with E-state index in [9.17, 15) is 4.79 Å². The standard InChI is InChI=1S/C18H30O2/c1-15(2)17(19)20-18-12-7-5-3-4-6-9-16(11-14-18)10-8-13-18/h16H,1,3-14H2,2H3. The van der Waals surface area contributed by atoms with Crippen LogP contribution < -0.4 is 0 Å². The summed E-state index contributed by atoms with van der Waals surface area (Å²) in [6.07, 6.45) is 15.0. The number of fused-ring (bicyclic) bond motifs is 3. The van der Waals surface area contributed by atoms with Crippen LogP contribution in [-0.2, 0) is 9.53 Å². The summed E-state index contributed by atoms with van der Waals surface area (Å²) < 4.78 is 5.94. The minimum Gasteiger partial charge on any atom is -0.456 e. The van der Waals surface area contributed by atoms with Gasteiger partial charge in [-0.2, -0.15) is 0 Å². The number of rotatable bonds is 2. The summed E-state index contributed by atoms with van der Waals surface area (Å²) in [6.45, 7) is 5.49. The van der Waals surface area contributed by atoms with E-state index in [2.05, 4.69) is 6.58 Å². The van der Waals surface area contributed by atoms with Gasteiger partial charge in [-0.15, -0.1) is 0 Å². The summed E-state index contributed by atoms with van der Waals surface area (Å²) in [6, 6.07) is 0. The van der Waals surface area contributed by atoms with Crippen molar-refractivity contribution >= 4 is 5.97 Å². The van der Waals surface area contributed by atoms with E-state index in [-0.39, 0.29) is 11.6 Å². The van der Waals surface area contributed by atoms with Crippen LogP contribution in [0.25, 0.3) is 0 Å². The van der Waals surface area contributed by atoms with Crippen molar-refractivity contribution < 1.29 is 9.53 Å². The van der Waals surface area contributed by atoms with Gasteiger partial charge in [-0.3, -0.25) is 0 Å². The topological polar surface area (TPSA) is 26.3 Å². The average molecular weight is 278 g/mol. The molecule has 20 heavy (non-hydrogen) atoms. The van der Waals surface area contributed by atoms with Crippen LogP contribution in [0, 0.1) is 5.92 Å². The number of esters is 1. The molecule has 2 aliphatic rings. The Morgan fingerprint density at radius 3 is 2.40 bits per heavy atom. The molecule has 2 nitrogen and oxygen atoms in total. The van der Waals surface area contributed by atoms with Crippen molar-refractivity contribution in [1.82, 2.24) is 0 Å². The molecule has 0 amide bonds. The first-order chi connectivity index (χ1) is 9.61. The summed E-state index contributed by atoms with van der Waals surface area (Å²) >= 11 is 0. The first kappa shape index (κ1) is 15.6. The van der Waals surface area contributed by atoms with E-state index < -0.39 is 0 Å². The Labute approximate surface area is 124 Å². The molecule has 0 aromatic carbocycles. The number of carbonyl (C=O) groups excluding carboxylic acids is 1. The molecule has 0 radical (unpaired) electrons. The maximum absolute atomic E-state index is 12.0. The molecule has 2 fully saturated rings. The van der Waals surface area contributed by atoms with E-state index in [0.29, 0.717) is 5.57 Å². The minimum atomic E-state index is -0.185. The number of carbonyl (C=O) groups is 1. The van der Waals surface area contributed by atoms with Crippen LogP contribution in [-0.4, -0.2) is 11.6 Å². The van der Waals surface area contributed by atoms with Crippen molar-refractivity contribution in [3.8, 4) is 0 Å². The van der Waals surface area contributed by atoms with Gasteiger partial charge in [0, 0.05) is 5.57 Å². The van der Waals surface area contributed by atoms with Crippen molar-refractivity contribution in [2.75, 3.05) is 0 Å². The Kier molecular flexibility index (Phi) is 5.68. The van der Waals surface area contributed by atoms with Crippen LogP contribution in [0.2, 0.25) is 0 Å². The molecule has 0 aromatic heterocycles. The zero-order valence-corrected chi connectivity index (χ0v) is 13.1. The first-order valence-electron chi connectivity index (χ1n) is 8.50. The molecule has 2 atom stereocenters. The van der Waals surface area contributed by atoms with Crippen molar-refractivity contribution in [1.29, 1.82) is 0 Å². The van der Waals surface area contributed by atoms with Gasteiger partial charge >= 0.3 is 5.97 Å². The van der Waals surface area contributed by atoms with E-state index in [1.807, 2.05) is 0 Å². The fourth-order valence-electron chi connectivity index (χ4n) is 3.84. The van der Waals surface area contributed by atoms with Crippen LogP contribution in [0.4, 0.5) is 0 Å². The molecule has 2 rings (SSSR count). The van der Waals surface area contributed by atoms with E-state index in [1.54, 1.807) is 6.92 Å². The molecule has 2 aliphatic carbocycles. The predicted molar refractivity (Wildman–Crippen MR) is 82.5 cm³/mol. The molecular weight excluding hydrogens is 248 g/mol.